The first-order valence-electron chi connectivity index (χ1n) is 11.3. The van der Waals surface area contributed by atoms with Crippen LogP contribution in [0.2, 0.25) is 0 Å². The van der Waals surface area contributed by atoms with Gasteiger partial charge in [0.2, 0.25) is 5.91 Å². The van der Waals surface area contributed by atoms with Gasteiger partial charge < -0.3 is 10.6 Å². The van der Waals surface area contributed by atoms with Gasteiger partial charge in [-0.25, -0.2) is 4.39 Å². The molecule has 6 heteroatoms. The van der Waals surface area contributed by atoms with Gasteiger partial charge in [0.25, 0.3) is 0 Å². The van der Waals surface area contributed by atoms with Crippen molar-refractivity contribution >= 4 is 29.8 Å². The van der Waals surface area contributed by atoms with Crippen LogP contribution in [0.15, 0.2) is 42.5 Å². The number of anilines is 1. The van der Waals surface area contributed by atoms with Crippen molar-refractivity contribution in [3.8, 4) is 0 Å². The molecule has 2 N–H and O–H groups in total. The Hall–Kier alpha value is -2.24. The van der Waals surface area contributed by atoms with Crippen molar-refractivity contribution in [3.05, 3.63) is 65.0 Å². The molecule has 2 aliphatic rings. The largest absolute Gasteiger partial charge is 0.326 e. The van der Waals surface area contributed by atoms with Gasteiger partial charge in [0.05, 0.1) is 0 Å². The lowest BCUT2D eigenvalue weighted by Crippen LogP contribution is -2.38. The lowest BCUT2D eigenvalue weighted by atomic mass is 9.70. The van der Waals surface area contributed by atoms with Crippen LogP contribution in [0.4, 0.5) is 10.1 Å². The molecular weight excluding hydrogens is 427 g/mol. The highest BCUT2D eigenvalue weighted by molar-refractivity contribution is 5.96. The van der Waals surface area contributed by atoms with Crippen LogP contribution in [0.3, 0.4) is 0 Å². The maximum absolute atomic E-state index is 13.0. The van der Waals surface area contributed by atoms with E-state index in [1.807, 2.05) is 6.07 Å². The molecule has 1 saturated carbocycles. The number of amides is 1. The molecule has 0 bridgehead atoms. The third-order valence-corrected chi connectivity index (χ3v) is 6.88. The van der Waals surface area contributed by atoms with Crippen molar-refractivity contribution in [2.24, 2.45) is 5.41 Å². The van der Waals surface area contributed by atoms with E-state index >= 15 is 0 Å². The Bertz CT molecular complexity index is 953. The standard InChI is InChI=1S/C26H31FN2O2.ClH/c1-18(30)29-24-9-6-20-16-26(17-21(20)15-24)12-10-23(11-13-26)28-14-2-3-25(31)19-4-7-22(27)8-5-19;/h4-9,15,23,28H,2-3,10-14,16-17H2,1H3,(H,29,30);1H. The van der Waals surface area contributed by atoms with Crippen molar-refractivity contribution in [1.82, 2.24) is 5.32 Å². The number of fused-ring (bicyclic) bond motifs is 1. The molecule has 1 amide bonds. The molecule has 2 aromatic carbocycles. The van der Waals surface area contributed by atoms with Crippen LogP contribution in [-0.4, -0.2) is 24.3 Å². The SMILES string of the molecule is CC(=O)Nc1ccc2c(c1)CC1(CCC(NCCCC(=O)c3ccc(F)cc3)CC1)C2.Cl. The topological polar surface area (TPSA) is 58.2 Å². The zero-order valence-corrected chi connectivity index (χ0v) is 19.4. The first-order valence-corrected chi connectivity index (χ1v) is 11.3. The number of benzene rings is 2. The van der Waals surface area contributed by atoms with E-state index in [2.05, 4.69) is 22.8 Å². The normalized spacial score (nSPS) is 21.6. The number of carbonyl (C=O) groups is 2. The van der Waals surface area contributed by atoms with Crippen molar-refractivity contribution < 1.29 is 14.0 Å². The van der Waals surface area contributed by atoms with E-state index < -0.39 is 0 Å². The van der Waals surface area contributed by atoms with Gasteiger partial charge in [-0.1, -0.05) is 6.07 Å². The van der Waals surface area contributed by atoms with Gasteiger partial charge >= 0.3 is 0 Å². The summed E-state index contributed by atoms with van der Waals surface area (Å²) in [7, 11) is 0. The van der Waals surface area contributed by atoms with E-state index in [-0.39, 0.29) is 29.9 Å². The first kappa shape index (κ1) is 24.4. The minimum absolute atomic E-state index is 0. The summed E-state index contributed by atoms with van der Waals surface area (Å²) in [5, 5.41) is 6.53. The fraction of sp³-hybridized carbons (Fsp3) is 0.462. The molecule has 2 aliphatic carbocycles. The molecule has 0 aromatic heterocycles. The number of nitrogens with one attached hydrogen (secondary N) is 2. The molecule has 4 rings (SSSR count). The summed E-state index contributed by atoms with van der Waals surface area (Å²) in [6.45, 7) is 2.38. The van der Waals surface area contributed by atoms with Gasteiger partial charge in [0, 0.05) is 30.6 Å². The van der Waals surface area contributed by atoms with E-state index in [1.54, 1.807) is 19.1 Å². The van der Waals surface area contributed by atoms with Gasteiger partial charge in [-0.3, -0.25) is 9.59 Å². The highest BCUT2D eigenvalue weighted by Gasteiger charge is 2.40. The molecule has 4 nitrogen and oxygen atoms in total. The number of hydrogen-bond donors (Lipinski definition) is 2. The van der Waals surface area contributed by atoms with Crippen LogP contribution >= 0.6 is 12.4 Å². The summed E-state index contributed by atoms with van der Waals surface area (Å²) >= 11 is 0. The highest BCUT2D eigenvalue weighted by Crippen LogP contribution is 2.47. The fourth-order valence-electron chi connectivity index (χ4n) is 5.24. The van der Waals surface area contributed by atoms with Crippen LogP contribution in [0.5, 0.6) is 0 Å². The molecule has 0 unspecified atom stereocenters. The molecule has 0 saturated heterocycles. The molecule has 1 fully saturated rings. The van der Waals surface area contributed by atoms with Crippen molar-refractivity contribution in [2.45, 2.75) is 64.3 Å². The van der Waals surface area contributed by atoms with Crippen LogP contribution in [0.25, 0.3) is 0 Å². The predicted molar refractivity (Wildman–Crippen MR) is 128 cm³/mol. The molecular formula is C26H32ClFN2O2. The Kier molecular flexibility index (Phi) is 8.07. The van der Waals surface area contributed by atoms with E-state index in [4.69, 9.17) is 0 Å². The highest BCUT2D eigenvalue weighted by atomic mass is 35.5. The van der Waals surface area contributed by atoms with Gasteiger partial charge in [0.15, 0.2) is 5.78 Å². The number of ketones is 1. The summed E-state index contributed by atoms with van der Waals surface area (Å²) in [6, 6.07) is 12.7. The van der Waals surface area contributed by atoms with Crippen molar-refractivity contribution in [3.63, 3.8) is 0 Å². The second-order valence-electron chi connectivity index (χ2n) is 9.28. The lowest BCUT2D eigenvalue weighted by molar-refractivity contribution is -0.114. The second kappa shape index (κ2) is 10.6. The van der Waals surface area contributed by atoms with Crippen molar-refractivity contribution in [2.75, 3.05) is 11.9 Å². The number of hydrogen-bond acceptors (Lipinski definition) is 3. The lowest BCUT2D eigenvalue weighted by Gasteiger charge is -2.37. The van der Waals surface area contributed by atoms with Crippen LogP contribution in [0, 0.1) is 11.2 Å². The van der Waals surface area contributed by atoms with E-state index in [0.717, 1.165) is 31.5 Å². The average molecular weight is 459 g/mol. The van der Waals surface area contributed by atoms with E-state index in [1.165, 1.54) is 48.9 Å². The Balaban J connectivity index is 0.00000289. The molecule has 0 atom stereocenters. The first-order chi connectivity index (χ1) is 14.9. The Morgan fingerprint density at radius 3 is 2.41 bits per heavy atom. The van der Waals surface area contributed by atoms with Crippen LogP contribution in [0.1, 0.15) is 66.9 Å². The molecule has 1 spiro atoms. The summed E-state index contributed by atoms with van der Waals surface area (Å²) in [5.74, 6) is -0.267. The summed E-state index contributed by atoms with van der Waals surface area (Å²) in [6.07, 6.45) is 8.29. The Morgan fingerprint density at radius 2 is 1.72 bits per heavy atom. The monoisotopic (exact) mass is 458 g/mol. The molecule has 32 heavy (non-hydrogen) atoms. The van der Waals surface area contributed by atoms with Crippen LogP contribution in [-0.2, 0) is 17.6 Å². The quantitative estimate of drug-likeness (QED) is 0.426. The maximum Gasteiger partial charge on any atom is 0.221 e. The zero-order chi connectivity index (χ0) is 21.8. The number of Topliss-reactive ketones (excluding diaryl/α,β-unsaturated/α-hetero) is 1. The van der Waals surface area contributed by atoms with Gasteiger partial charge in [0.1, 0.15) is 5.82 Å². The predicted octanol–water partition coefficient (Wildman–Crippen LogP) is 5.49. The van der Waals surface area contributed by atoms with Gasteiger partial charge in [-0.15, -0.1) is 12.4 Å². The summed E-state index contributed by atoms with van der Waals surface area (Å²) < 4.78 is 13.0. The third kappa shape index (κ3) is 5.96. The van der Waals surface area contributed by atoms with Gasteiger partial charge in [-0.2, -0.15) is 0 Å². The summed E-state index contributed by atoms with van der Waals surface area (Å²) in [4.78, 5) is 23.5. The van der Waals surface area contributed by atoms with Crippen molar-refractivity contribution in [1.29, 1.82) is 0 Å². The zero-order valence-electron chi connectivity index (χ0n) is 18.6. The molecule has 0 aliphatic heterocycles. The molecule has 172 valence electrons. The van der Waals surface area contributed by atoms with E-state index in [0.29, 0.717) is 23.4 Å². The Labute approximate surface area is 195 Å². The fourth-order valence-corrected chi connectivity index (χ4v) is 5.24. The molecule has 0 heterocycles. The number of rotatable bonds is 7. The molecule has 0 radical (unpaired) electrons. The summed E-state index contributed by atoms with van der Waals surface area (Å²) in [5.41, 5.74) is 4.67. The molecule has 2 aromatic rings. The second-order valence-corrected chi connectivity index (χ2v) is 9.28. The third-order valence-electron chi connectivity index (χ3n) is 6.88. The number of carbonyl (C=O) groups excluding carboxylic acids is 2. The van der Waals surface area contributed by atoms with E-state index in [9.17, 15) is 14.0 Å². The Morgan fingerprint density at radius 1 is 1.03 bits per heavy atom. The smallest absolute Gasteiger partial charge is 0.221 e. The number of halogens is 2. The van der Waals surface area contributed by atoms with Crippen LogP contribution < -0.4 is 10.6 Å². The maximum atomic E-state index is 13.0. The minimum atomic E-state index is -0.313. The van der Waals surface area contributed by atoms with Gasteiger partial charge in [-0.05, 0) is 104 Å². The average Bonchev–Trinajstić information content (AvgIpc) is 3.09. The minimum Gasteiger partial charge on any atom is -0.326 e.